The predicted octanol–water partition coefficient (Wildman–Crippen LogP) is -4.14. The highest BCUT2D eigenvalue weighted by atomic mass is 16.2. The average Bonchev–Trinajstić information content (AvgIpc) is 2.80. The molecule has 0 rings (SSSR count). The summed E-state index contributed by atoms with van der Waals surface area (Å²) in [5.41, 5.74) is 21.9. The van der Waals surface area contributed by atoms with Gasteiger partial charge in [0, 0.05) is 104 Å². The number of amides is 4. The van der Waals surface area contributed by atoms with Gasteiger partial charge in [-0.1, -0.05) is 0 Å². The second kappa shape index (κ2) is 20.3. The van der Waals surface area contributed by atoms with Crippen LogP contribution in [0.5, 0.6) is 0 Å². The smallest absolute Gasteiger partial charge is 0.223 e. The molecule has 0 heterocycles. The lowest BCUT2D eigenvalue weighted by atomic mass is 10.2. The Kier molecular flexibility index (Phi) is 18.9. The minimum atomic E-state index is -0.207. The van der Waals surface area contributed by atoms with E-state index in [1.54, 1.807) is 9.80 Å². The Bertz CT molecular complexity index is 518. The van der Waals surface area contributed by atoms with Crippen molar-refractivity contribution in [3.63, 3.8) is 0 Å². The maximum Gasteiger partial charge on any atom is 0.223 e. The zero-order chi connectivity index (χ0) is 24.9. The summed E-state index contributed by atoms with van der Waals surface area (Å²) in [5.74, 6) is -0.685. The Labute approximate surface area is 196 Å². The molecule has 0 radical (unpaired) electrons. The van der Waals surface area contributed by atoms with Crippen molar-refractivity contribution in [2.24, 2.45) is 22.9 Å². The topological polar surface area (TPSA) is 215 Å². The van der Waals surface area contributed by atoms with E-state index in [2.05, 4.69) is 16.0 Å². The molecule has 33 heavy (non-hydrogen) atoms. The van der Waals surface area contributed by atoms with Gasteiger partial charge in [-0.2, -0.15) is 0 Å². The van der Waals surface area contributed by atoms with Crippen LogP contribution >= 0.6 is 0 Å². The second-order valence-corrected chi connectivity index (χ2v) is 7.37. The van der Waals surface area contributed by atoms with Gasteiger partial charge in [-0.3, -0.25) is 19.2 Å². The van der Waals surface area contributed by atoms with E-state index in [0.29, 0.717) is 78.5 Å². The molecule has 0 aliphatic heterocycles. The minimum Gasteiger partial charge on any atom is -0.355 e. The van der Waals surface area contributed by atoms with Crippen molar-refractivity contribution in [1.82, 2.24) is 25.8 Å². The van der Waals surface area contributed by atoms with Crippen LogP contribution in [0.25, 0.3) is 0 Å². The van der Waals surface area contributed by atoms with E-state index in [1.165, 1.54) is 0 Å². The van der Waals surface area contributed by atoms with Crippen molar-refractivity contribution in [3.8, 4) is 0 Å². The van der Waals surface area contributed by atoms with Gasteiger partial charge in [0.2, 0.25) is 23.6 Å². The number of carbonyl (C=O) groups excluding carboxylic acids is 4. The summed E-state index contributed by atoms with van der Waals surface area (Å²) in [4.78, 5) is 51.0. The third-order valence-electron chi connectivity index (χ3n) is 4.68. The number of rotatable bonds is 20. The maximum absolute atomic E-state index is 12.1. The summed E-state index contributed by atoms with van der Waals surface area (Å²) in [6.45, 7) is 4.96. The van der Waals surface area contributed by atoms with Gasteiger partial charge >= 0.3 is 0 Å². The van der Waals surface area contributed by atoms with E-state index < -0.39 is 0 Å². The molecule has 0 aromatic carbocycles. The molecule has 0 aliphatic carbocycles. The molecule has 0 atom stereocenters. The molecule has 0 saturated carbocycles. The summed E-state index contributed by atoms with van der Waals surface area (Å²) in [6.07, 6.45) is 0.439. The van der Waals surface area contributed by atoms with E-state index in [-0.39, 0.29) is 49.3 Å². The molecular weight excluding hydrogens is 430 g/mol. The zero-order valence-electron chi connectivity index (χ0n) is 19.7. The molecule has 0 aromatic rings. The van der Waals surface area contributed by atoms with Crippen molar-refractivity contribution in [2.75, 3.05) is 78.5 Å². The fraction of sp³-hybridized carbons (Fsp3) is 0.800. The number of nitrogens with zero attached hydrogens (tertiary/aromatic N) is 2. The summed E-state index contributed by atoms with van der Waals surface area (Å²) >= 11 is 0. The van der Waals surface area contributed by atoms with Gasteiger partial charge in [-0.15, -0.1) is 0 Å². The number of nitrogens with two attached hydrogens (primary N) is 4. The fourth-order valence-corrected chi connectivity index (χ4v) is 2.99. The van der Waals surface area contributed by atoms with Crippen molar-refractivity contribution >= 4 is 23.6 Å². The zero-order valence-corrected chi connectivity index (χ0v) is 19.7. The van der Waals surface area contributed by atoms with Crippen molar-refractivity contribution in [2.45, 2.75) is 25.7 Å². The van der Waals surface area contributed by atoms with Crippen molar-refractivity contribution < 1.29 is 19.2 Å². The van der Waals surface area contributed by atoms with Crippen molar-refractivity contribution in [1.29, 1.82) is 0 Å². The van der Waals surface area contributed by atoms with Crippen LogP contribution in [-0.4, -0.2) is 112 Å². The van der Waals surface area contributed by atoms with Crippen LogP contribution in [0.3, 0.4) is 0 Å². The predicted molar refractivity (Wildman–Crippen MR) is 127 cm³/mol. The second-order valence-electron chi connectivity index (χ2n) is 7.37. The molecule has 0 spiro atoms. The quantitative estimate of drug-likeness (QED) is 0.0853. The Balaban J connectivity index is 3.81. The molecule has 0 unspecified atom stereocenters. The minimum absolute atomic E-state index is 0.104. The molecule has 192 valence electrons. The standard InChI is InChI=1S/C20H43N9O4/c21-5-13-28(14-6-22)19(32)3-1-17(30)26-11-9-25-10-12-27-18(31)2-4-20(33)29(15-7-23)16-8-24/h25H,1-16,21-24H2,(H,26,30)(H,27,31). The third-order valence-corrected chi connectivity index (χ3v) is 4.68. The molecule has 0 fully saturated rings. The normalized spacial score (nSPS) is 10.5. The van der Waals surface area contributed by atoms with Crippen LogP contribution in [-0.2, 0) is 19.2 Å². The lowest BCUT2D eigenvalue weighted by molar-refractivity contribution is -0.133. The molecule has 4 amide bonds. The van der Waals surface area contributed by atoms with Gasteiger partial charge in [0.15, 0.2) is 0 Å². The summed E-state index contributed by atoms with van der Waals surface area (Å²) in [7, 11) is 0. The number of hydrogen-bond donors (Lipinski definition) is 7. The molecule has 13 heteroatoms. The van der Waals surface area contributed by atoms with Gasteiger partial charge in [0.25, 0.3) is 0 Å². The third kappa shape index (κ3) is 16.0. The Hall–Kier alpha value is -2.32. The highest BCUT2D eigenvalue weighted by Gasteiger charge is 2.14. The van der Waals surface area contributed by atoms with E-state index in [4.69, 9.17) is 22.9 Å². The maximum atomic E-state index is 12.1. The molecule has 0 aromatic heterocycles. The largest absolute Gasteiger partial charge is 0.355 e. The number of carbonyl (C=O) groups is 4. The van der Waals surface area contributed by atoms with E-state index in [9.17, 15) is 19.2 Å². The van der Waals surface area contributed by atoms with E-state index in [0.717, 1.165) is 0 Å². The molecule has 0 bridgehead atoms. The van der Waals surface area contributed by atoms with Gasteiger partial charge in [-0.25, -0.2) is 0 Å². The molecule has 13 nitrogen and oxygen atoms in total. The van der Waals surface area contributed by atoms with Gasteiger partial charge in [0.1, 0.15) is 0 Å². The molecule has 0 saturated heterocycles. The summed E-state index contributed by atoms with van der Waals surface area (Å²) in [5, 5.41) is 8.57. The van der Waals surface area contributed by atoms with Crippen LogP contribution in [0.4, 0.5) is 0 Å². The van der Waals surface area contributed by atoms with Crippen LogP contribution in [0.15, 0.2) is 0 Å². The average molecular weight is 474 g/mol. The summed E-state index contributed by atoms with van der Waals surface area (Å²) < 4.78 is 0. The first-order valence-corrected chi connectivity index (χ1v) is 11.5. The highest BCUT2D eigenvalue weighted by molar-refractivity contribution is 5.84. The highest BCUT2D eigenvalue weighted by Crippen LogP contribution is 1.98. The van der Waals surface area contributed by atoms with Crippen LogP contribution in [0.2, 0.25) is 0 Å². The lowest BCUT2D eigenvalue weighted by Crippen LogP contribution is -2.40. The van der Waals surface area contributed by atoms with Gasteiger partial charge in [-0.05, 0) is 0 Å². The first-order valence-electron chi connectivity index (χ1n) is 11.5. The van der Waals surface area contributed by atoms with E-state index in [1.807, 2.05) is 0 Å². The van der Waals surface area contributed by atoms with Crippen LogP contribution < -0.4 is 38.9 Å². The first kappa shape index (κ1) is 30.7. The van der Waals surface area contributed by atoms with Gasteiger partial charge in [0.05, 0.1) is 0 Å². The summed E-state index contributed by atoms with van der Waals surface area (Å²) in [6, 6.07) is 0. The van der Waals surface area contributed by atoms with Gasteiger partial charge < -0.3 is 48.7 Å². The monoisotopic (exact) mass is 473 g/mol. The van der Waals surface area contributed by atoms with Crippen LogP contribution in [0, 0.1) is 0 Å². The molecule has 0 aliphatic rings. The Morgan fingerprint density at radius 1 is 0.515 bits per heavy atom. The first-order chi connectivity index (χ1) is 15.9. The molecule has 11 N–H and O–H groups in total. The molecular formula is C20H43N9O4. The van der Waals surface area contributed by atoms with Crippen LogP contribution in [0.1, 0.15) is 25.7 Å². The SMILES string of the molecule is NCCN(CCN)C(=O)CCC(=O)NCCNCCNC(=O)CCC(=O)N(CCN)CCN. The Morgan fingerprint density at radius 3 is 1.15 bits per heavy atom. The number of hydrogen-bond acceptors (Lipinski definition) is 9. The van der Waals surface area contributed by atoms with Crippen molar-refractivity contribution in [3.05, 3.63) is 0 Å². The Morgan fingerprint density at radius 2 is 0.848 bits per heavy atom. The fourth-order valence-electron chi connectivity index (χ4n) is 2.99. The van der Waals surface area contributed by atoms with E-state index >= 15 is 0 Å². The number of nitrogens with one attached hydrogen (secondary N) is 3. The lowest BCUT2D eigenvalue weighted by Gasteiger charge is -2.21.